The number of aryl methyl sites for hydroxylation is 2. The van der Waals surface area contributed by atoms with E-state index in [0.29, 0.717) is 34.1 Å². The fourth-order valence-electron chi connectivity index (χ4n) is 3.63. The highest BCUT2D eigenvalue weighted by atomic mass is 16.5. The van der Waals surface area contributed by atoms with Crippen molar-refractivity contribution < 1.29 is 9.47 Å². The molecule has 0 aliphatic carbocycles. The fraction of sp³-hybridized carbons (Fsp3) is 0.217. The van der Waals surface area contributed by atoms with Gasteiger partial charge in [0.1, 0.15) is 35.0 Å². The van der Waals surface area contributed by atoms with Crippen LogP contribution < -0.4 is 9.47 Å². The predicted molar refractivity (Wildman–Crippen MR) is 122 cm³/mol. The summed E-state index contributed by atoms with van der Waals surface area (Å²) < 4.78 is 15.1. The third-order valence-corrected chi connectivity index (χ3v) is 5.22. The first-order chi connectivity index (χ1) is 16.0. The zero-order chi connectivity index (χ0) is 22.9. The van der Waals surface area contributed by atoms with Gasteiger partial charge in [0.2, 0.25) is 0 Å². The van der Waals surface area contributed by atoms with E-state index in [1.807, 2.05) is 50.5 Å². The highest BCUT2D eigenvalue weighted by Gasteiger charge is 2.21. The van der Waals surface area contributed by atoms with Crippen molar-refractivity contribution in [2.45, 2.75) is 13.0 Å². The van der Waals surface area contributed by atoms with Crippen molar-refractivity contribution in [3.8, 4) is 34.1 Å². The minimum Gasteiger partial charge on any atom is -0.491 e. The van der Waals surface area contributed by atoms with E-state index in [0.717, 1.165) is 16.8 Å². The minimum atomic E-state index is -0.385. The van der Waals surface area contributed by atoms with Gasteiger partial charge in [-0.05, 0) is 6.92 Å². The Morgan fingerprint density at radius 2 is 1.79 bits per heavy atom. The molecule has 1 atom stereocenters. The van der Waals surface area contributed by atoms with E-state index in [1.165, 1.54) is 6.33 Å². The quantitative estimate of drug-likeness (QED) is 0.394. The van der Waals surface area contributed by atoms with Crippen molar-refractivity contribution in [3.63, 3.8) is 0 Å². The van der Waals surface area contributed by atoms with E-state index in [1.54, 1.807) is 35.8 Å². The maximum Gasteiger partial charge on any atom is 0.258 e. The largest absolute Gasteiger partial charge is 0.491 e. The Balaban J connectivity index is 1.64. The van der Waals surface area contributed by atoms with Gasteiger partial charge in [0.15, 0.2) is 5.75 Å². The average Bonchev–Trinajstić information content (AvgIpc) is 3.44. The SMILES string of the molecule is COc1cc2ncnc(-c3cn(C)nc3-c3ccccc3)c2nc1O[C@@H](C)c1cn(C)nn1. The molecule has 10 heteroatoms. The van der Waals surface area contributed by atoms with E-state index >= 15 is 0 Å². The summed E-state index contributed by atoms with van der Waals surface area (Å²) in [5, 5.41) is 12.8. The van der Waals surface area contributed by atoms with E-state index in [4.69, 9.17) is 14.5 Å². The van der Waals surface area contributed by atoms with Crippen LogP contribution in [0.2, 0.25) is 0 Å². The molecular weight excluding hydrogens is 420 g/mol. The number of ether oxygens (including phenoxy) is 2. The molecule has 0 N–H and O–H groups in total. The van der Waals surface area contributed by atoms with E-state index in [2.05, 4.69) is 25.4 Å². The molecule has 0 aliphatic rings. The Kier molecular flexibility index (Phi) is 5.17. The summed E-state index contributed by atoms with van der Waals surface area (Å²) in [6.45, 7) is 1.88. The third-order valence-electron chi connectivity index (χ3n) is 5.22. The fourth-order valence-corrected chi connectivity index (χ4v) is 3.63. The molecule has 0 spiro atoms. The maximum atomic E-state index is 6.13. The van der Waals surface area contributed by atoms with Crippen molar-refractivity contribution in [2.75, 3.05) is 7.11 Å². The van der Waals surface area contributed by atoms with Crippen molar-refractivity contribution >= 4 is 11.0 Å². The third kappa shape index (κ3) is 3.86. The van der Waals surface area contributed by atoms with Crippen LogP contribution in [0.25, 0.3) is 33.5 Å². The molecule has 166 valence electrons. The lowest BCUT2D eigenvalue weighted by atomic mass is 10.0. The van der Waals surface area contributed by atoms with Gasteiger partial charge in [-0.15, -0.1) is 5.10 Å². The highest BCUT2D eigenvalue weighted by molar-refractivity contribution is 5.94. The number of fused-ring (bicyclic) bond motifs is 1. The molecule has 0 amide bonds. The number of hydrogen-bond acceptors (Lipinski definition) is 8. The van der Waals surface area contributed by atoms with Crippen LogP contribution in [-0.4, -0.2) is 46.8 Å². The van der Waals surface area contributed by atoms with Crippen LogP contribution in [-0.2, 0) is 14.1 Å². The molecule has 0 bridgehead atoms. The molecule has 0 radical (unpaired) electrons. The molecule has 5 aromatic rings. The molecule has 0 aliphatic heterocycles. The van der Waals surface area contributed by atoms with Gasteiger partial charge in [-0.2, -0.15) is 5.10 Å². The standard InChI is InChI=1S/C23H22N8O2/c1-14(18-12-31(3)29-27-18)33-23-19(32-4)10-17-22(26-23)21(25-13-24-17)16-11-30(2)28-20(16)15-8-6-5-7-9-15/h5-14H,1-4H3/t14-/m0/s1. The number of benzene rings is 1. The lowest BCUT2D eigenvalue weighted by Gasteiger charge is -2.15. The monoisotopic (exact) mass is 442 g/mol. The molecule has 4 heterocycles. The summed E-state index contributed by atoms with van der Waals surface area (Å²) >= 11 is 0. The van der Waals surface area contributed by atoms with Gasteiger partial charge in [0, 0.05) is 37.5 Å². The summed E-state index contributed by atoms with van der Waals surface area (Å²) in [6, 6.07) is 11.8. The zero-order valence-corrected chi connectivity index (χ0v) is 18.7. The zero-order valence-electron chi connectivity index (χ0n) is 18.7. The van der Waals surface area contributed by atoms with Gasteiger partial charge < -0.3 is 9.47 Å². The van der Waals surface area contributed by atoms with Gasteiger partial charge in [-0.25, -0.2) is 15.0 Å². The number of pyridine rings is 1. The number of aromatic nitrogens is 8. The summed E-state index contributed by atoms with van der Waals surface area (Å²) in [4.78, 5) is 13.7. The van der Waals surface area contributed by atoms with Gasteiger partial charge in [-0.1, -0.05) is 35.5 Å². The van der Waals surface area contributed by atoms with Crippen LogP contribution in [0.15, 0.2) is 55.1 Å². The Morgan fingerprint density at radius 3 is 2.52 bits per heavy atom. The molecule has 0 saturated carbocycles. The van der Waals surface area contributed by atoms with E-state index in [-0.39, 0.29) is 6.10 Å². The molecular formula is C23H22N8O2. The predicted octanol–water partition coefficient (Wildman–Crippen LogP) is 3.37. The van der Waals surface area contributed by atoms with Gasteiger partial charge >= 0.3 is 0 Å². The van der Waals surface area contributed by atoms with Crippen LogP contribution in [0, 0.1) is 0 Å². The normalized spacial score (nSPS) is 12.1. The molecule has 1 aromatic carbocycles. The van der Waals surface area contributed by atoms with Gasteiger partial charge in [0.05, 0.1) is 18.8 Å². The maximum absolute atomic E-state index is 6.13. The summed E-state index contributed by atoms with van der Waals surface area (Å²) in [7, 11) is 5.26. The first-order valence-corrected chi connectivity index (χ1v) is 10.4. The first-order valence-electron chi connectivity index (χ1n) is 10.4. The Hall–Kier alpha value is -4.34. The summed E-state index contributed by atoms with van der Waals surface area (Å²) in [5.74, 6) is 0.793. The van der Waals surface area contributed by atoms with E-state index < -0.39 is 0 Å². The van der Waals surface area contributed by atoms with Crippen LogP contribution in [0.3, 0.4) is 0 Å². The van der Waals surface area contributed by atoms with Crippen molar-refractivity contribution in [1.29, 1.82) is 0 Å². The topological polar surface area (TPSA) is 106 Å². The highest BCUT2D eigenvalue weighted by Crippen LogP contribution is 2.37. The first kappa shape index (κ1) is 20.6. The number of nitrogens with zero attached hydrogens (tertiary/aromatic N) is 8. The van der Waals surface area contributed by atoms with Crippen LogP contribution in [0.1, 0.15) is 18.7 Å². The van der Waals surface area contributed by atoms with Gasteiger partial charge in [-0.3, -0.25) is 9.36 Å². The lowest BCUT2D eigenvalue weighted by Crippen LogP contribution is -2.07. The Labute approximate surface area is 189 Å². The van der Waals surface area contributed by atoms with Crippen LogP contribution in [0.4, 0.5) is 0 Å². The Bertz CT molecular complexity index is 1430. The molecule has 0 fully saturated rings. The molecule has 0 saturated heterocycles. The second-order valence-corrected chi connectivity index (χ2v) is 7.59. The summed E-state index contributed by atoms with van der Waals surface area (Å²) in [6.07, 6.45) is 4.86. The molecule has 4 aromatic heterocycles. The van der Waals surface area contributed by atoms with Gasteiger partial charge in [0.25, 0.3) is 5.88 Å². The molecule has 0 unspecified atom stereocenters. The Morgan fingerprint density at radius 1 is 0.970 bits per heavy atom. The van der Waals surface area contributed by atoms with Crippen molar-refractivity contribution in [2.24, 2.45) is 14.1 Å². The minimum absolute atomic E-state index is 0.323. The molecule has 33 heavy (non-hydrogen) atoms. The second-order valence-electron chi connectivity index (χ2n) is 7.59. The second kappa shape index (κ2) is 8.30. The van der Waals surface area contributed by atoms with Crippen molar-refractivity contribution in [1.82, 2.24) is 39.7 Å². The van der Waals surface area contributed by atoms with Crippen LogP contribution in [0.5, 0.6) is 11.6 Å². The molecule has 5 rings (SSSR count). The average molecular weight is 442 g/mol. The lowest BCUT2D eigenvalue weighted by molar-refractivity contribution is 0.202. The number of rotatable bonds is 6. The number of methoxy groups -OCH3 is 1. The smallest absolute Gasteiger partial charge is 0.258 e. The van der Waals surface area contributed by atoms with E-state index in [9.17, 15) is 0 Å². The van der Waals surface area contributed by atoms with Crippen molar-refractivity contribution in [3.05, 3.63) is 60.8 Å². The summed E-state index contributed by atoms with van der Waals surface area (Å²) in [5.41, 5.74) is 5.22. The molecule has 10 nitrogen and oxygen atoms in total. The van der Waals surface area contributed by atoms with Crippen LogP contribution >= 0.6 is 0 Å². The number of hydrogen-bond donors (Lipinski definition) is 0.